The highest BCUT2D eigenvalue weighted by molar-refractivity contribution is 6.31. The molecular weight excluding hydrogens is 272 g/mol. The van der Waals surface area contributed by atoms with E-state index in [1.807, 2.05) is 12.3 Å². The quantitative estimate of drug-likeness (QED) is 0.835. The highest BCUT2D eigenvalue weighted by Crippen LogP contribution is 2.21. The van der Waals surface area contributed by atoms with Crippen LogP contribution in [0.25, 0.3) is 0 Å². The lowest BCUT2D eigenvalue weighted by Gasteiger charge is -2.28. The predicted molar refractivity (Wildman–Crippen MR) is 83.2 cm³/mol. The van der Waals surface area contributed by atoms with Gasteiger partial charge in [-0.1, -0.05) is 18.5 Å². The van der Waals surface area contributed by atoms with E-state index in [4.69, 9.17) is 16.3 Å². The van der Waals surface area contributed by atoms with Crippen molar-refractivity contribution in [1.29, 1.82) is 0 Å². The van der Waals surface area contributed by atoms with Crippen LogP contribution in [0.4, 0.5) is 0 Å². The van der Waals surface area contributed by atoms with Crippen LogP contribution in [-0.2, 0) is 11.2 Å². The maximum atomic E-state index is 6.22. The zero-order valence-electron chi connectivity index (χ0n) is 12.3. The molecule has 3 nitrogen and oxygen atoms in total. The van der Waals surface area contributed by atoms with Crippen LogP contribution < -0.4 is 5.32 Å². The summed E-state index contributed by atoms with van der Waals surface area (Å²) < 4.78 is 5.87. The second-order valence-corrected chi connectivity index (χ2v) is 5.95. The number of ether oxygens (including phenoxy) is 1. The normalized spacial score (nSPS) is 20.8. The van der Waals surface area contributed by atoms with Crippen molar-refractivity contribution in [3.05, 3.63) is 29.0 Å². The smallest absolute Gasteiger partial charge is 0.0621 e. The Morgan fingerprint density at radius 3 is 3.10 bits per heavy atom. The molecule has 0 aliphatic carbocycles. The van der Waals surface area contributed by atoms with Gasteiger partial charge in [0.25, 0.3) is 0 Å². The van der Waals surface area contributed by atoms with Crippen molar-refractivity contribution in [2.75, 3.05) is 13.2 Å². The molecule has 20 heavy (non-hydrogen) atoms. The highest BCUT2D eigenvalue weighted by atomic mass is 35.5. The predicted octanol–water partition coefficient (Wildman–Crippen LogP) is 3.60. The zero-order valence-corrected chi connectivity index (χ0v) is 13.0. The van der Waals surface area contributed by atoms with Gasteiger partial charge in [-0.25, -0.2) is 0 Å². The van der Waals surface area contributed by atoms with Gasteiger partial charge in [-0.15, -0.1) is 0 Å². The van der Waals surface area contributed by atoms with Gasteiger partial charge in [0.05, 0.1) is 11.1 Å². The first kappa shape index (κ1) is 15.7. The van der Waals surface area contributed by atoms with E-state index in [1.165, 1.54) is 24.8 Å². The van der Waals surface area contributed by atoms with Crippen LogP contribution in [0.5, 0.6) is 0 Å². The summed E-state index contributed by atoms with van der Waals surface area (Å²) in [4.78, 5) is 4.05. The van der Waals surface area contributed by atoms with Gasteiger partial charge in [0.2, 0.25) is 0 Å². The van der Waals surface area contributed by atoms with Crippen LogP contribution in [0.15, 0.2) is 18.5 Å². The zero-order chi connectivity index (χ0) is 14.2. The van der Waals surface area contributed by atoms with Crippen LogP contribution in [0.2, 0.25) is 5.02 Å². The molecule has 2 rings (SSSR count). The Labute approximate surface area is 127 Å². The monoisotopic (exact) mass is 296 g/mol. The SMILES string of the molecule is CCCNC(Cc1ccncc1Cl)CC1CCCCO1. The molecule has 1 aromatic rings. The molecule has 1 aliphatic heterocycles. The van der Waals surface area contributed by atoms with Crippen molar-refractivity contribution in [1.82, 2.24) is 10.3 Å². The Morgan fingerprint density at radius 1 is 1.50 bits per heavy atom. The van der Waals surface area contributed by atoms with E-state index in [0.29, 0.717) is 12.1 Å². The second kappa shape index (κ2) is 8.60. The third-order valence-electron chi connectivity index (χ3n) is 3.83. The number of aromatic nitrogens is 1. The van der Waals surface area contributed by atoms with E-state index in [9.17, 15) is 0 Å². The van der Waals surface area contributed by atoms with Crippen molar-refractivity contribution >= 4 is 11.6 Å². The van der Waals surface area contributed by atoms with Gasteiger partial charge in [0.15, 0.2) is 0 Å². The van der Waals surface area contributed by atoms with E-state index in [1.54, 1.807) is 6.20 Å². The van der Waals surface area contributed by atoms with Crippen LogP contribution in [0.3, 0.4) is 0 Å². The summed E-state index contributed by atoms with van der Waals surface area (Å²) in [6, 6.07) is 2.45. The third-order valence-corrected chi connectivity index (χ3v) is 4.17. The summed E-state index contributed by atoms with van der Waals surface area (Å²) in [6.07, 6.45) is 10.8. The molecule has 0 aromatic carbocycles. The van der Waals surface area contributed by atoms with Gasteiger partial charge in [-0.05, 0) is 56.7 Å². The van der Waals surface area contributed by atoms with Gasteiger partial charge in [-0.3, -0.25) is 4.98 Å². The third kappa shape index (κ3) is 5.04. The molecule has 112 valence electrons. The van der Waals surface area contributed by atoms with E-state index in [2.05, 4.69) is 17.2 Å². The maximum absolute atomic E-state index is 6.22. The lowest BCUT2D eigenvalue weighted by atomic mass is 9.97. The van der Waals surface area contributed by atoms with Crippen LogP contribution in [0.1, 0.15) is 44.6 Å². The number of hydrogen-bond acceptors (Lipinski definition) is 3. The first-order valence-electron chi connectivity index (χ1n) is 7.73. The minimum Gasteiger partial charge on any atom is -0.378 e. The Kier molecular flexibility index (Phi) is 6.77. The second-order valence-electron chi connectivity index (χ2n) is 5.55. The number of nitrogens with one attached hydrogen (secondary N) is 1. The fraction of sp³-hybridized carbons (Fsp3) is 0.688. The molecule has 0 bridgehead atoms. The first-order chi connectivity index (χ1) is 9.79. The van der Waals surface area contributed by atoms with Gasteiger partial charge >= 0.3 is 0 Å². The number of hydrogen-bond donors (Lipinski definition) is 1. The topological polar surface area (TPSA) is 34.2 Å². The molecule has 0 spiro atoms. The Balaban J connectivity index is 1.93. The van der Waals surface area contributed by atoms with Crippen molar-refractivity contribution in [3.8, 4) is 0 Å². The lowest BCUT2D eigenvalue weighted by Crippen LogP contribution is -2.36. The molecule has 1 fully saturated rings. The molecule has 1 aliphatic rings. The highest BCUT2D eigenvalue weighted by Gasteiger charge is 2.20. The van der Waals surface area contributed by atoms with Crippen molar-refractivity contribution in [2.45, 2.75) is 57.6 Å². The standard InChI is InChI=1S/C16H25ClN2O/c1-2-7-19-14(11-15-5-3-4-9-20-15)10-13-6-8-18-12-16(13)17/h6,8,12,14-15,19H,2-5,7,9-11H2,1H3. The number of nitrogens with zero attached hydrogens (tertiary/aromatic N) is 1. The van der Waals surface area contributed by atoms with Crippen molar-refractivity contribution < 1.29 is 4.74 Å². The Morgan fingerprint density at radius 2 is 2.40 bits per heavy atom. The fourth-order valence-corrected chi connectivity index (χ4v) is 2.93. The van der Waals surface area contributed by atoms with E-state index in [0.717, 1.165) is 37.4 Å². The van der Waals surface area contributed by atoms with Crippen molar-refractivity contribution in [2.24, 2.45) is 0 Å². The minimum atomic E-state index is 0.402. The molecule has 4 heteroatoms. The van der Waals surface area contributed by atoms with Crippen LogP contribution in [-0.4, -0.2) is 30.3 Å². The summed E-state index contributed by atoms with van der Waals surface area (Å²) in [6.45, 7) is 4.15. The summed E-state index contributed by atoms with van der Waals surface area (Å²) in [5.74, 6) is 0. The molecule has 1 aromatic heterocycles. The van der Waals surface area contributed by atoms with Gasteiger partial charge in [-0.2, -0.15) is 0 Å². The molecule has 2 atom stereocenters. The average molecular weight is 297 g/mol. The number of rotatable bonds is 7. The largest absolute Gasteiger partial charge is 0.378 e. The van der Waals surface area contributed by atoms with Crippen LogP contribution >= 0.6 is 11.6 Å². The Hall–Kier alpha value is -0.640. The molecule has 0 amide bonds. The molecule has 2 heterocycles. The van der Waals surface area contributed by atoms with Crippen molar-refractivity contribution in [3.63, 3.8) is 0 Å². The van der Waals surface area contributed by atoms with E-state index >= 15 is 0 Å². The summed E-state index contributed by atoms with van der Waals surface area (Å²) in [7, 11) is 0. The molecule has 1 saturated heterocycles. The summed E-state index contributed by atoms with van der Waals surface area (Å²) >= 11 is 6.22. The summed E-state index contributed by atoms with van der Waals surface area (Å²) in [5, 5.41) is 4.40. The summed E-state index contributed by atoms with van der Waals surface area (Å²) in [5.41, 5.74) is 1.17. The molecule has 0 saturated carbocycles. The van der Waals surface area contributed by atoms with Gasteiger partial charge < -0.3 is 10.1 Å². The van der Waals surface area contributed by atoms with Gasteiger partial charge in [0, 0.05) is 25.0 Å². The molecular formula is C16H25ClN2O. The molecule has 1 N–H and O–H groups in total. The molecule has 2 unspecified atom stereocenters. The molecule has 0 radical (unpaired) electrons. The van der Waals surface area contributed by atoms with E-state index < -0.39 is 0 Å². The van der Waals surface area contributed by atoms with Crippen LogP contribution in [0, 0.1) is 0 Å². The average Bonchev–Trinajstić information content (AvgIpc) is 2.48. The first-order valence-corrected chi connectivity index (χ1v) is 8.10. The van der Waals surface area contributed by atoms with Gasteiger partial charge in [0.1, 0.15) is 0 Å². The lowest BCUT2D eigenvalue weighted by molar-refractivity contribution is 0.00526. The minimum absolute atomic E-state index is 0.402. The number of pyridine rings is 1. The number of halogens is 1. The Bertz CT molecular complexity index is 394. The fourth-order valence-electron chi connectivity index (χ4n) is 2.73. The van der Waals surface area contributed by atoms with E-state index in [-0.39, 0.29) is 0 Å². The maximum Gasteiger partial charge on any atom is 0.0621 e.